The highest BCUT2D eigenvalue weighted by Gasteiger charge is 2.39. The molecule has 3 N–H and O–H groups in total. The van der Waals surface area contributed by atoms with E-state index in [1.807, 2.05) is 43.3 Å². The standard InChI is InChI=1S/C23H30O5/c1-16-8-10-17(11-9-16)14-18(24)12-13-20-19(21(25)15-22(20)26)6-4-2-3-5-7-23(27)28/h2,4,8-13,18-20,22,24,26H,3,5-7,14-15H2,1H3,(H,27,28)/b4-2-,13-12+/t18-,19-,20-,22-/m1/s1. The molecule has 5 nitrogen and oxygen atoms in total. The number of allylic oxidation sites excluding steroid dienone is 2. The number of ketones is 1. The molecule has 5 heteroatoms. The maximum atomic E-state index is 12.2. The van der Waals surface area contributed by atoms with Crippen molar-refractivity contribution in [3.63, 3.8) is 0 Å². The first-order chi connectivity index (χ1) is 13.4. The van der Waals surface area contributed by atoms with Gasteiger partial charge in [0.15, 0.2) is 0 Å². The fourth-order valence-corrected chi connectivity index (χ4v) is 3.55. The van der Waals surface area contributed by atoms with Crippen molar-refractivity contribution in [2.45, 2.75) is 57.7 Å². The lowest BCUT2D eigenvalue weighted by Crippen LogP contribution is -2.19. The van der Waals surface area contributed by atoms with Crippen LogP contribution in [0.15, 0.2) is 48.6 Å². The quantitative estimate of drug-likeness (QED) is 0.424. The SMILES string of the molecule is Cc1ccc(C[C@H](O)/C=C/[C@H]2[C@H](O)CC(=O)[C@@H]2C/C=C\CCCC(=O)O)cc1. The van der Waals surface area contributed by atoms with Gasteiger partial charge in [-0.15, -0.1) is 0 Å². The minimum absolute atomic E-state index is 0.0327. The molecule has 0 aliphatic heterocycles. The highest BCUT2D eigenvalue weighted by molar-refractivity contribution is 5.84. The summed E-state index contributed by atoms with van der Waals surface area (Å²) >= 11 is 0. The summed E-state index contributed by atoms with van der Waals surface area (Å²) in [6.45, 7) is 2.01. The van der Waals surface area contributed by atoms with Gasteiger partial charge in [0.2, 0.25) is 0 Å². The lowest BCUT2D eigenvalue weighted by Gasteiger charge is -2.16. The molecule has 0 bridgehead atoms. The third kappa shape index (κ3) is 7.06. The first-order valence-electron chi connectivity index (χ1n) is 9.86. The zero-order valence-corrected chi connectivity index (χ0v) is 16.3. The minimum Gasteiger partial charge on any atom is -0.481 e. The monoisotopic (exact) mass is 386 g/mol. The minimum atomic E-state index is -0.808. The number of aliphatic carboxylic acids is 1. The summed E-state index contributed by atoms with van der Waals surface area (Å²) in [5, 5.41) is 29.1. The Balaban J connectivity index is 1.88. The van der Waals surface area contributed by atoms with E-state index in [9.17, 15) is 19.8 Å². The second-order valence-corrected chi connectivity index (χ2v) is 7.56. The topological polar surface area (TPSA) is 94.8 Å². The van der Waals surface area contributed by atoms with E-state index in [0.717, 1.165) is 5.56 Å². The molecule has 1 saturated carbocycles. The molecular weight excluding hydrogens is 356 g/mol. The number of unbranched alkanes of at least 4 members (excludes halogenated alkanes) is 1. The number of carbonyl (C=O) groups is 2. The number of hydrogen-bond acceptors (Lipinski definition) is 4. The molecule has 28 heavy (non-hydrogen) atoms. The molecule has 0 aromatic heterocycles. The molecule has 4 atom stereocenters. The Morgan fingerprint density at radius 1 is 1.25 bits per heavy atom. The van der Waals surface area contributed by atoms with Gasteiger partial charge in [-0.05, 0) is 31.7 Å². The van der Waals surface area contributed by atoms with Crippen LogP contribution in [0.25, 0.3) is 0 Å². The number of aliphatic hydroxyl groups excluding tert-OH is 2. The fourth-order valence-electron chi connectivity index (χ4n) is 3.55. The van der Waals surface area contributed by atoms with Crippen LogP contribution in [0.5, 0.6) is 0 Å². The Kier molecular flexibility index (Phi) is 8.61. The predicted molar refractivity (Wildman–Crippen MR) is 108 cm³/mol. The molecule has 0 spiro atoms. The predicted octanol–water partition coefficient (Wildman–Crippen LogP) is 3.22. The van der Waals surface area contributed by atoms with Gasteiger partial charge in [0.05, 0.1) is 12.2 Å². The van der Waals surface area contributed by atoms with Crippen LogP contribution in [-0.4, -0.2) is 39.3 Å². The van der Waals surface area contributed by atoms with E-state index >= 15 is 0 Å². The number of carbonyl (C=O) groups excluding carboxylic acids is 1. The highest BCUT2D eigenvalue weighted by atomic mass is 16.4. The van der Waals surface area contributed by atoms with Crippen molar-refractivity contribution in [2.75, 3.05) is 0 Å². The largest absolute Gasteiger partial charge is 0.481 e. The van der Waals surface area contributed by atoms with Gasteiger partial charge in [0.1, 0.15) is 5.78 Å². The highest BCUT2D eigenvalue weighted by Crippen LogP contribution is 2.33. The van der Waals surface area contributed by atoms with E-state index < -0.39 is 18.2 Å². The number of rotatable bonds is 10. The molecule has 1 fully saturated rings. The van der Waals surface area contributed by atoms with Crippen molar-refractivity contribution in [3.8, 4) is 0 Å². The third-order valence-electron chi connectivity index (χ3n) is 5.17. The first-order valence-corrected chi connectivity index (χ1v) is 9.86. The fraction of sp³-hybridized carbons (Fsp3) is 0.478. The molecule has 1 aliphatic rings. The van der Waals surface area contributed by atoms with Crippen molar-refractivity contribution in [1.29, 1.82) is 0 Å². The molecule has 0 amide bonds. The van der Waals surface area contributed by atoms with Crippen LogP contribution in [0.3, 0.4) is 0 Å². The number of carboxylic acid groups (broad SMARTS) is 1. The normalized spacial score (nSPS) is 23.7. The number of carboxylic acids is 1. The van der Waals surface area contributed by atoms with E-state index in [0.29, 0.717) is 25.7 Å². The molecule has 0 heterocycles. The average Bonchev–Trinajstić information content (AvgIpc) is 2.91. The number of aryl methyl sites for hydroxylation is 1. The maximum Gasteiger partial charge on any atom is 0.303 e. The molecule has 0 radical (unpaired) electrons. The number of aliphatic hydroxyl groups is 2. The van der Waals surface area contributed by atoms with Crippen molar-refractivity contribution >= 4 is 11.8 Å². The zero-order valence-electron chi connectivity index (χ0n) is 16.3. The Hall–Kier alpha value is -2.24. The summed E-state index contributed by atoms with van der Waals surface area (Å²) in [5.74, 6) is -1.38. The Labute approximate surface area is 166 Å². The van der Waals surface area contributed by atoms with Crippen LogP contribution >= 0.6 is 0 Å². The number of hydrogen-bond donors (Lipinski definition) is 3. The molecule has 152 valence electrons. The van der Waals surface area contributed by atoms with Crippen LogP contribution in [0.4, 0.5) is 0 Å². The average molecular weight is 386 g/mol. The molecule has 1 aromatic carbocycles. The van der Waals surface area contributed by atoms with E-state index in [2.05, 4.69) is 0 Å². The summed E-state index contributed by atoms with van der Waals surface area (Å²) in [5.41, 5.74) is 2.20. The molecule has 0 saturated heterocycles. The summed E-state index contributed by atoms with van der Waals surface area (Å²) < 4.78 is 0. The summed E-state index contributed by atoms with van der Waals surface area (Å²) in [4.78, 5) is 22.7. The first kappa shape index (κ1) is 22.1. The van der Waals surface area contributed by atoms with E-state index in [1.54, 1.807) is 12.2 Å². The van der Waals surface area contributed by atoms with Crippen molar-refractivity contribution in [1.82, 2.24) is 0 Å². The van der Waals surface area contributed by atoms with Crippen molar-refractivity contribution in [3.05, 3.63) is 59.7 Å². The second kappa shape index (κ2) is 10.9. The van der Waals surface area contributed by atoms with Gasteiger partial charge in [-0.1, -0.05) is 54.1 Å². The lowest BCUT2D eigenvalue weighted by molar-refractivity contribution is -0.137. The molecule has 1 aromatic rings. The van der Waals surface area contributed by atoms with E-state index in [4.69, 9.17) is 5.11 Å². The van der Waals surface area contributed by atoms with Crippen LogP contribution in [-0.2, 0) is 16.0 Å². The second-order valence-electron chi connectivity index (χ2n) is 7.56. The van der Waals surface area contributed by atoms with Crippen LogP contribution in [0.2, 0.25) is 0 Å². The van der Waals surface area contributed by atoms with E-state index in [-0.39, 0.29) is 30.5 Å². The van der Waals surface area contributed by atoms with Gasteiger partial charge < -0.3 is 15.3 Å². The van der Waals surface area contributed by atoms with E-state index in [1.165, 1.54) is 5.56 Å². The van der Waals surface area contributed by atoms with Crippen LogP contribution < -0.4 is 0 Å². The smallest absolute Gasteiger partial charge is 0.303 e. The maximum absolute atomic E-state index is 12.2. The Bertz CT molecular complexity index is 704. The van der Waals surface area contributed by atoms with Crippen molar-refractivity contribution < 1.29 is 24.9 Å². The number of benzene rings is 1. The molecular formula is C23H30O5. The zero-order chi connectivity index (χ0) is 20.5. The summed E-state index contributed by atoms with van der Waals surface area (Å²) in [6, 6.07) is 7.98. The van der Waals surface area contributed by atoms with Gasteiger partial charge in [0, 0.05) is 31.1 Å². The van der Waals surface area contributed by atoms with Crippen molar-refractivity contribution in [2.24, 2.45) is 11.8 Å². The Morgan fingerprint density at radius 3 is 2.64 bits per heavy atom. The Morgan fingerprint density at radius 2 is 1.96 bits per heavy atom. The molecule has 2 rings (SSSR count). The van der Waals surface area contributed by atoms with Gasteiger partial charge in [-0.2, -0.15) is 0 Å². The van der Waals surface area contributed by atoms with Gasteiger partial charge in [-0.3, -0.25) is 9.59 Å². The van der Waals surface area contributed by atoms with Crippen LogP contribution in [0, 0.1) is 18.8 Å². The summed E-state index contributed by atoms with van der Waals surface area (Å²) in [6.07, 6.45) is 8.36. The molecule has 1 aliphatic carbocycles. The van der Waals surface area contributed by atoms with Gasteiger partial charge in [0.25, 0.3) is 0 Å². The van der Waals surface area contributed by atoms with Crippen LogP contribution in [0.1, 0.15) is 43.2 Å². The lowest BCUT2D eigenvalue weighted by atomic mass is 9.90. The van der Waals surface area contributed by atoms with Gasteiger partial charge >= 0.3 is 5.97 Å². The molecule has 0 unspecified atom stereocenters. The number of Topliss-reactive ketones (excluding diaryl/α,β-unsaturated/α-hetero) is 1. The summed E-state index contributed by atoms with van der Waals surface area (Å²) in [7, 11) is 0. The third-order valence-corrected chi connectivity index (χ3v) is 5.17. The van der Waals surface area contributed by atoms with Gasteiger partial charge in [-0.25, -0.2) is 0 Å².